The van der Waals surface area contributed by atoms with Gasteiger partial charge in [-0.2, -0.15) is 0 Å². The Kier molecular flexibility index (Phi) is 2.70. The second-order valence-electron chi connectivity index (χ2n) is 4.47. The summed E-state index contributed by atoms with van der Waals surface area (Å²) in [6, 6.07) is 0.714. The predicted octanol–water partition coefficient (Wildman–Crippen LogP) is 2.73. The Hall–Kier alpha value is 0.0500. The lowest BCUT2D eigenvalue weighted by atomic mass is 10.0. The van der Waals surface area contributed by atoms with Gasteiger partial charge in [0, 0.05) is 11.3 Å². The van der Waals surface area contributed by atoms with Crippen LogP contribution in [0.1, 0.15) is 26.7 Å². The second-order valence-corrected chi connectivity index (χ2v) is 5.83. The van der Waals surface area contributed by atoms with E-state index in [0.717, 1.165) is 16.5 Å². The maximum absolute atomic E-state index is 2.55. The minimum absolute atomic E-state index is 0.714. The fourth-order valence-electron chi connectivity index (χ4n) is 2.41. The van der Waals surface area contributed by atoms with Crippen LogP contribution in [0.5, 0.6) is 0 Å². The van der Waals surface area contributed by atoms with E-state index in [2.05, 4.69) is 49.7 Å². The van der Waals surface area contributed by atoms with Crippen molar-refractivity contribution in [3.05, 3.63) is 12.2 Å². The van der Waals surface area contributed by atoms with Gasteiger partial charge in [-0.1, -0.05) is 26.0 Å². The summed E-state index contributed by atoms with van der Waals surface area (Å²) in [6.45, 7) is 4.66. The van der Waals surface area contributed by atoms with E-state index in [0.29, 0.717) is 6.04 Å². The van der Waals surface area contributed by atoms with Crippen molar-refractivity contribution in [2.75, 3.05) is 7.05 Å². The third-order valence-electron chi connectivity index (χ3n) is 3.09. The Morgan fingerprint density at radius 3 is 2.85 bits per heavy atom. The molecule has 13 heavy (non-hydrogen) atoms. The van der Waals surface area contributed by atoms with E-state index in [1.54, 1.807) is 0 Å². The van der Waals surface area contributed by atoms with Crippen LogP contribution in [0.2, 0.25) is 0 Å². The number of hydrogen-bond donors (Lipinski definition) is 0. The molecule has 0 aromatic carbocycles. The number of likely N-dealkylation sites (N-methyl/N-ethyl adjacent to an activating group) is 1. The first-order valence-electron chi connectivity index (χ1n) is 5.24. The van der Waals surface area contributed by atoms with Crippen LogP contribution in [0.3, 0.4) is 0 Å². The monoisotopic (exact) mass is 197 g/mol. The highest BCUT2D eigenvalue weighted by Crippen LogP contribution is 2.42. The van der Waals surface area contributed by atoms with Crippen LogP contribution in [0.4, 0.5) is 0 Å². The molecule has 74 valence electrons. The maximum Gasteiger partial charge on any atom is 0.0586 e. The molecule has 2 heteroatoms. The van der Waals surface area contributed by atoms with E-state index in [9.17, 15) is 0 Å². The van der Waals surface area contributed by atoms with Gasteiger partial charge in [0.05, 0.1) is 5.37 Å². The fraction of sp³-hybridized carbons (Fsp3) is 0.818. The van der Waals surface area contributed by atoms with E-state index >= 15 is 0 Å². The molecule has 0 bridgehead atoms. The van der Waals surface area contributed by atoms with Gasteiger partial charge in [-0.3, -0.25) is 4.90 Å². The Bertz CT molecular complexity index is 212. The molecule has 1 heterocycles. The van der Waals surface area contributed by atoms with E-state index in [1.807, 2.05) is 0 Å². The van der Waals surface area contributed by atoms with Crippen LogP contribution < -0.4 is 0 Å². The zero-order valence-corrected chi connectivity index (χ0v) is 9.55. The minimum atomic E-state index is 0.714. The van der Waals surface area contributed by atoms with E-state index in [4.69, 9.17) is 0 Å². The zero-order chi connectivity index (χ0) is 9.42. The molecule has 0 amide bonds. The topological polar surface area (TPSA) is 3.24 Å². The summed E-state index contributed by atoms with van der Waals surface area (Å²) in [6.07, 6.45) is 7.41. The molecule has 1 aliphatic carbocycles. The number of fused-ring (bicyclic) bond motifs is 1. The van der Waals surface area contributed by atoms with Gasteiger partial charge in [0.25, 0.3) is 0 Å². The lowest BCUT2D eigenvalue weighted by Crippen LogP contribution is -2.36. The molecule has 2 rings (SSSR count). The minimum Gasteiger partial charge on any atom is -0.287 e. The van der Waals surface area contributed by atoms with Crippen molar-refractivity contribution in [3.63, 3.8) is 0 Å². The molecule has 3 atom stereocenters. The molecule has 1 saturated heterocycles. The van der Waals surface area contributed by atoms with Crippen LogP contribution in [-0.2, 0) is 0 Å². The standard InChI is InChI=1S/C11H19NS/c1-8(2)11-12(3)9-6-4-5-7-10(9)13-11/h4,6,8-11H,5,7H2,1-3H3. The summed E-state index contributed by atoms with van der Waals surface area (Å²) in [5.41, 5.74) is 0. The molecule has 1 fully saturated rings. The SMILES string of the molecule is CC(C)C1SC2CCC=CC2N1C. The molecule has 0 spiro atoms. The Balaban J connectivity index is 2.11. The van der Waals surface area contributed by atoms with Crippen molar-refractivity contribution < 1.29 is 0 Å². The highest BCUT2D eigenvalue weighted by molar-refractivity contribution is 8.00. The Morgan fingerprint density at radius 2 is 2.23 bits per heavy atom. The third-order valence-corrected chi connectivity index (χ3v) is 5.11. The average molecular weight is 197 g/mol. The van der Waals surface area contributed by atoms with Gasteiger partial charge in [-0.25, -0.2) is 0 Å². The number of nitrogens with zero attached hydrogens (tertiary/aromatic N) is 1. The van der Waals surface area contributed by atoms with E-state index < -0.39 is 0 Å². The molecule has 0 aromatic rings. The van der Waals surface area contributed by atoms with Gasteiger partial charge < -0.3 is 0 Å². The number of allylic oxidation sites excluding steroid dienone is 1. The van der Waals surface area contributed by atoms with Gasteiger partial charge in [-0.15, -0.1) is 11.8 Å². The number of thioether (sulfide) groups is 1. The predicted molar refractivity (Wildman–Crippen MR) is 59.9 cm³/mol. The van der Waals surface area contributed by atoms with Crippen LogP contribution in [0.25, 0.3) is 0 Å². The summed E-state index contributed by atoms with van der Waals surface area (Å²) >= 11 is 2.19. The number of hydrogen-bond acceptors (Lipinski definition) is 2. The van der Waals surface area contributed by atoms with Crippen molar-refractivity contribution in [2.24, 2.45) is 5.92 Å². The Morgan fingerprint density at radius 1 is 1.46 bits per heavy atom. The van der Waals surface area contributed by atoms with E-state index in [-0.39, 0.29) is 0 Å². The maximum atomic E-state index is 2.55. The van der Waals surface area contributed by atoms with Crippen LogP contribution in [-0.4, -0.2) is 28.6 Å². The molecular weight excluding hydrogens is 178 g/mol. The normalized spacial score (nSPS) is 39.8. The van der Waals surface area contributed by atoms with Crippen molar-refractivity contribution in [2.45, 2.75) is 43.4 Å². The highest BCUT2D eigenvalue weighted by atomic mass is 32.2. The van der Waals surface area contributed by atoms with E-state index in [1.165, 1.54) is 12.8 Å². The number of rotatable bonds is 1. The summed E-state index contributed by atoms with van der Waals surface area (Å²) in [5.74, 6) is 0.772. The van der Waals surface area contributed by atoms with Gasteiger partial charge in [-0.05, 0) is 25.8 Å². The largest absolute Gasteiger partial charge is 0.287 e. The third kappa shape index (κ3) is 1.66. The molecule has 1 aliphatic heterocycles. The average Bonchev–Trinajstić information content (AvgIpc) is 2.45. The molecule has 0 radical (unpaired) electrons. The van der Waals surface area contributed by atoms with Gasteiger partial charge in [0.15, 0.2) is 0 Å². The quantitative estimate of drug-likeness (QED) is 0.595. The lowest BCUT2D eigenvalue weighted by Gasteiger charge is -2.27. The van der Waals surface area contributed by atoms with Gasteiger partial charge in [0.1, 0.15) is 0 Å². The van der Waals surface area contributed by atoms with Crippen LogP contribution >= 0.6 is 11.8 Å². The molecule has 2 aliphatic rings. The molecular formula is C11H19NS. The van der Waals surface area contributed by atoms with Crippen molar-refractivity contribution in [1.82, 2.24) is 4.90 Å². The highest BCUT2D eigenvalue weighted by Gasteiger charge is 2.39. The molecule has 0 saturated carbocycles. The van der Waals surface area contributed by atoms with Gasteiger partial charge in [0.2, 0.25) is 0 Å². The lowest BCUT2D eigenvalue weighted by molar-refractivity contribution is 0.239. The molecule has 1 nitrogen and oxygen atoms in total. The first kappa shape index (κ1) is 9.60. The molecule has 0 aromatic heterocycles. The molecule has 0 N–H and O–H groups in total. The summed E-state index contributed by atoms with van der Waals surface area (Å²) in [7, 11) is 2.28. The Labute approximate surface area is 85.6 Å². The summed E-state index contributed by atoms with van der Waals surface area (Å²) in [5, 5.41) is 1.60. The summed E-state index contributed by atoms with van der Waals surface area (Å²) < 4.78 is 0. The van der Waals surface area contributed by atoms with Crippen LogP contribution in [0.15, 0.2) is 12.2 Å². The first-order valence-corrected chi connectivity index (χ1v) is 6.18. The van der Waals surface area contributed by atoms with Gasteiger partial charge >= 0.3 is 0 Å². The first-order chi connectivity index (χ1) is 6.20. The second kappa shape index (κ2) is 3.66. The van der Waals surface area contributed by atoms with Crippen molar-refractivity contribution in [1.29, 1.82) is 0 Å². The molecule has 3 unspecified atom stereocenters. The zero-order valence-electron chi connectivity index (χ0n) is 8.73. The smallest absolute Gasteiger partial charge is 0.0586 e. The fourth-order valence-corrected chi connectivity index (χ4v) is 4.13. The van der Waals surface area contributed by atoms with Crippen molar-refractivity contribution in [3.8, 4) is 0 Å². The van der Waals surface area contributed by atoms with Crippen LogP contribution in [0, 0.1) is 5.92 Å². The van der Waals surface area contributed by atoms with Crippen molar-refractivity contribution >= 4 is 11.8 Å². The summed E-state index contributed by atoms with van der Waals surface area (Å²) in [4.78, 5) is 2.55.